The van der Waals surface area contributed by atoms with Gasteiger partial charge in [-0.05, 0) is 18.6 Å². The highest BCUT2D eigenvalue weighted by Gasteiger charge is 2.29. The largest absolute Gasteiger partial charge is 0.493 e. The molecule has 0 unspecified atom stereocenters. The molecule has 1 aromatic rings. The zero-order valence-electron chi connectivity index (χ0n) is 19.0. The Bertz CT molecular complexity index is 641. The van der Waals surface area contributed by atoms with Crippen molar-refractivity contribution >= 4 is 11.8 Å². The summed E-state index contributed by atoms with van der Waals surface area (Å²) < 4.78 is 5.77. The zero-order chi connectivity index (χ0) is 21.4. The van der Waals surface area contributed by atoms with Gasteiger partial charge in [-0.25, -0.2) is 0 Å². The summed E-state index contributed by atoms with van der Waals surface area (Å²) in [5.74, 6) is -0.155. The maximum Gasteiger partial charge on any atom is 0.262 e. The molecule has 4 heteroatoms. The molecule has 0 bridgehead atoms. The lowest BCUT2D eigenvalue weighted by Gasteiger charge is -2.09. The molecule has 0 spiro atoms. The number of carbonyl (C=O) groups excluding carboxylic acids is 2. The van der Waals surface area contributed by atoms with Gasteiger partial charge in [0.25, 0.3) is 11.8 Å². The predicted molar refractivity (Wildman–Crippen MR) is 123 cm³/mol. The lowest BCUT2D eigenvalue weighted by molar-refractivity contribution is 0.0878. The van der Waals surface area contributed by atoms with Crippen LogP contribution in [0.3, 0.4) is 0 Å². The van der Waals surface area contributed by atoms with Gasteiger partial charge in [0, 0.05) is 0 Å². The highest BCUT2D eigenvalue weighted by molar-refractivity contribution is 6.22. The Morgan fingerprint density at radius 2 is 1.17 bits per heavy atom. The molecule has 0 aromatic heterocycles. The number of nitrogens with one attached hydrogen (secondary N) is 1. The molecule has 2 rings (SSSR count). The van der Waals surface area contributed by atoms with Crippen molar-refractivity contribution in [1.82, 2.24) is 5.32 Å². The summed E-state index contributed by atoms with van der Waals surface area (Å²) in [5.41, 5.74) is 0.809. The average molecular weight is 416 g/mol. The van der Waals surface area contributed by atoms with Crippen molar-refractivity contribution in [3.8, 4) is 5.75 Å². The molecule has 0 atom stereocenters. The van der Waals surface area contributed by atoms with Gasteiger partial charge in [-0.1, -0.05) is 109 Å². The molecule has 0 fully saturated rings. The van der Waals surface area contributed by atoms with Crippen LogP contribution >= 0.6 is 0 Å². The van der Waals surface area contributed by atoms with E-state index in [1.54, 1.807) is 18.2 Å². The summed E-state index contributed by atoms with van der Waals surface area (Å²) in [5, 5.41) is 2.32. The number of rotatable bonds is 18. The van der Waals surface area contributed by atoms with Crippen molar-refractivity contribution in [2.24, 2.45) is 0 Å². The fraction of sp³-hybridized carbons (Fsp3) is 0.692. The molecule has 0 aliphatic carbocycles. The Morgan fingerprint density at radius 1 is 0.667 bits per heavy atom. The van der Waals surface area contributed by atoms with Crippen LogP contribution in [0.5, 0.6) is 5.75 Å². The molecule has 2 amide bonds. The van der Waals surface area contributed by atoms with E-state index in [1.807, 2.05) is 0 Å². The van der Waals surface area contributed by atoms with Crippen LogP contribution in [-0.4, -0.2) is 18.4 Å². The lowest BCUT2D eigenvalue weighted by atomic mass is 10.0. The van der Waals surface area contributed by atoms with Crippen molar-refractivity contribution in [3.63, 3.8) is 0 Å². The van der Waals surface area contributed by atoms with Crippen molar-refractivity contribution in [2.75, 3.05) is 6.61 Å². The number of benzene rings is 1. The minimum Gasteiger partial charge on any atom is -0.493 e. The van der Waals surface area contributed by atoms with Crippen LogP contribution in [0.25, 0.3) is 0 Å². The second-order valence-electron chi connectivity index (χ2n) is 8.61. The number of hydrogen-bond donors (Lipinski definition) is 1. The average Bonchev–Trinajstić information content (AvgIpc) is 3.04. The number of amides is 2. The fourth-order valence-electron chi connectivity index (χ4n) is 4.14. The van der Waals surface area contributed by atoms with Gasteiger partial charge in [0.2, 0.25) is 0 Å². The van der Waals surface area contributed by atoms with Gasteiger partial charge >= 0.3 is 0 Å². The second-order valence-corrected chi connectivity index (χ2v) is 8.61. The van der Waals surface area contributed by atoms with Crippen LogP contribution in [0, 0.1) is 0 Å². The molecule has 4 nitrogen and oxygen atoms in total. The summed E-state index contributed by atoms with van der Waals surface area (Å²) in [6.45, 7) is 2.87. The lowest BCUT2D eigenvalue weighted by Crippen LogP contribution is -2.20. The Hall–Kier alpha value is -1.84. The van der Waals surface area contributed by atoms with Gasteiger partial charge in [0.05, 0.1) is 17.7 Å². The van der Waals surface area contributed by atoms with Gasteiger partial charge in [0.1, 0.15) is 5.75 Å². The highest BCUT2D eigenvalue weighted by atomic mass is 16.5. The van der Waals surface area contributed by atoms with Gasteiger partial charge in [-0.3, -0.25) is 14.9 Å². The molecular formula is C26H41NO3. The van der Waals surface area contributed by atoms with E-state index >= 15 is 0 Å². The second kappa shape index (κ2) is 15.0. The quantitative estimate of drug-likeness (QED) is 0.203. The Balaban J connectivity index is 1.38. The van der Waals surface area contributed by atoms with E-state index in [4.69, 9.17) is 4.74 Å². The first-order chi connectivity index (χ1) is 14.7. The van der Waals surface area contributed by atoms with Crippen molar-refractivity contribution in [1.29, 1.82) is 0 Å². The van der Waals surface area contributed by atoms with Gasteiger partial charge in [-0.2, -0.15) is 0 Å². The summed E-state index contributed by atoms with van der Waals surface area (Å²) in [6, 6.07) is 5.19. The van der Waals surface area contributed by atoms with Crippen LogP contribution in [0.15, 0.2) is 18.2 Å². The first-order valence-electron chi connectivity index (χ1n) is 12.4. The maximum absolute atomic E-state index is 11.9. The third kappa shape index (κ3) is 8.89. The Kier molecular flexibility index (Phi) is 12.2. The smallest absolute Gasteiger partial charge is 0.262 e. The van der Waals surface area contributed by atoms with Crippen LogP contribution in [0.1, 0.15) is 130 Å². The van der Waals surface area contributed by atoms with Crippen LogP contribution in [-0.2, 0) is 0 Å². The molecule has 168 valence electrons. The minimum atomic E-state index is -0.349. The molecule has 1 aliphatic heterocycles. The van der Waals surface area contributed by atoms with E-state index in [-0.39, 0.29) is 11.8 Å². The van der Waals surface area contributed by atoms with Crippen molar-refractivity contribution < 1.29 is 14.3 Å². The number of unbranched alkanes of at least 4 members (excludes halogenated alkanes) is 15. The number of imide groups is 1. The Labute approximate surface area is 183 Å². The molecule has 1 aromatic carbocycles. The van der Waals surface area contributed by atoms with E-state index in [1.165, 1.54) is 89.9 Å². The first kappa shape index (κ1) is 24.4. The van der Waals surface area contributed by atoms with Crippen molar-refractivity contribution in [3.05, 3.63) is 29.3 Å². The summed E-state index contributed by atoms with van der Waals surface area (Å²) in [7, 11) is 0. The Morgan fingerprint density at radius 3 is 1.70 bits per heavy atom. The van der Waals surface area contributed by atoms with Crippen LogP contribution < -0.4 is 10.1 Å². The van der Waals surface area contributed by atoms with Gasteiger partial charge in [-0.15, -0.1) is 0 Å². The zero-order valence-corrected chi connectivity index (χ0v) is 19.0. The van der Waals surface area contributed by atoms with E-state index < -0.39 is 0 Å². The molecule has 0 radical (unpaired) electrons. The number of hydrogen-bond acceptors (Lipinski definition) is 3. The van der Waals surface area contributed by atoms with Crippen LogP contribution in [0.4, 0.5) is 0 Å². The third-order valence-electron chi connectivity index (χ3n) is 5.98. The topological polar surface area (TPSA) is 55.4 Å². The normalized spacial score (nSPS) is 12.8. The molecule has 1 heterocycles. The van der Waals surface area contributed by atoms with Gasteiger partial charge < -0.3 is 4.74 Å². The van der Waals surface area contributed by atoms with E-state index in [9.17, 15) is 9.59 Å². The van der Waals surface area contributed by atoms with E-state index in [2.05, 4.69) is 12.2 Å². The molecule has 30 heavy (non-hydrogen) atoms. The molecule has 0 saturated carbocycles. The SMILES string of the molecule is CCCCCCCCCCCCCCCCCCOc1cccc2c1C(=O)NC2=O. The van der Waals surface area contributed by atoms with Crippen molar-refractivity contribution in [2.45, 2.75) is 110 Å². The molecular weight excluding hydrogens is 374 g/mol. The van der Waals surface area contributed by atoms with E-state index in [0.717, 1.165) is 12.8 Å². The van der Waals surface area contributed by atoms with Gasteiger partial charge in [0.15, 0.2) is 0 Å². The van der Waals surface area contributed by atoms with E-state index in [0.29, 0.717) is 23.5 Å². The van der Waals surface area contributed by atoms with Crippen LogP contribution in [0.2, 0.25) is 0 Å². The monoisotopic (exact) mass is 415 g/mol. The first-order valence-corrected chi connectivity index (χ1v) is 12.4. The predicted octanol–water partition coefficient (Wildman–Crippen LogP) is 7.21. The summed E-state index contributed by atoms with van der Waals surface area (Å²) >= 11 is 0. The molecule has 0 saturated heterocycles. The number of carbonyl (C=O) groups is 2. The molecule has 1 aliphatic rings. The standard InChI is InChI=1S/C26H41NO3/c1-2-3-4-5-6-7-8-9-10-11-12-13-14-15-16-17-21-30-23-20-18-19-22-24(23)26(29)27-25(22)28/h18-20H,2-17,21H2,1H3,(H,27,28,29). The maximum atomic E-state index is 11.9. The number of fused-ring (bicyclic) bond motifs is 1. The number of ether oxygens (including phenoxy) is 1. The molecule has 1 N–H and O–H groups in total. The highest BCUT2D eigenvalue weighted by Crippen LogP contribution is 2.26. The summed E-state index contributed by atoms with van der Waals surface area (Å²) in [4.78, 5) is 23.5. The third-order valence-corrected chi connectivity index (χ3v) is 5.98. The minimum absolute atomic E-state index is 0.331. The fourth-order valence-corrected chi connectivity index (χ4v) is 4.14. The summed E-state index contributed by atoms with van der Waals surface area (Å²) in [6.07, 6.45) is 21.5.